The number of fused-ring (bicyclic) bond motifs is 1. The minimum Gasteiger partial charge on any atom is -0.444 e. The molecule has 9 heteroatoms. The summed E-state index contributed by atoms with van der Waals surface area (Å²) in [4.78, 5) is 26.0. The molecule has 176 valence electrons. The Kier molecular flexibility index (Phi) is 7.43. The van der Waals surface area contributed by atoms with Gasteiger partial charge in [0.1, 0.15) is 16.9 Å². The predicted octanol–water partition coefficient (Wildman–Crippen LogP) is 6.06. The van der Waals surface area contributed by atoms with Crippen LogP contribution in [0.25, 0.3) is 21.6 Å². The SMILES string of the molecule is CC(C)(C)OC(=O)NCC(Cc1ccccc1)Nc1nc(-c2ccncc2)nc2c(Br)csc12. The number of carbonyl (C=O) groups excluding carboxylic acids is 1. The summed E-state index contributed by atoms with van der Waals surface area (Å²) >= 11 is 5.18. The number of nitrogens with zero attached hydrogens (tertiary/aromatic N) is 3. The fourth-order valence-corrected chi connectivity index (χ4v) is 4.92. The molecule has 7 nitrogen and oxygen atoms in total. The standard InChI is InChI=1S/C25H26BrN5O2S/c1-25(2,3)33-24(32)28-14-18(13-16-7-5-4-6-8-16)29-23-21-20(19(26)15-34-21)30-22(31-23)17-9-11-27-12-10-17/h4-12,15,18H,13-14H2,1-3H3,(H,28,32)(H,29,30,31). The van der Waals surface area contributed by atoms with Gasteiger partial charge in [-0.05, 0) is 60.8 Å². The number of anilines is 1. The highest BCUT2D eigenvalue weighted by Gasteiger charge is 2.20. The Balaban J connectivity index is 1.64. The number of carbonyl (C=O) groups is 1. The summed E-state index contributed by atoms with van der Waals surface area (Å²) in [6.07, 6.45) is 3.69. The van der Waals surface area contributed by atoms with Crippen LogP contribution in [0.1, 0.15) is 26.3 Å². The molecular weight excluding hydrogens is 514 g/mol. The summed E-state index contributed by atoms with van der Waals surface area (Å²) in [7, 11) is 0. The van der Waals surface area contributed by atoms with Crippen molar-refractivity contribution in [1.29, 1.82) is 0 Å². The lowest BCUT2D eigenvalue weighted by Gasteiger charge is -2.23. The molecule has 1 unspecified atom stereocenters. The van der Waals surface area contributed by atoms with Gasteiger partial charge in [0.05, 0.1) is 9.17 Å². The van der Waals surface area contributed by atoms with Gasteiger partial charge in [-0.25, -0.2) is 14.8 Å². The van der Waals surface area contributed by atoms with E-state index in [0.717, 1.165) is 31.6 Å². The molecular formula is C25H26BrN5O2S. The molecule has 1 amide bonds. The highest BCUT2D eigenvalue weighted by molar-refractivity contribution is 9.10. The third-order valence-electron chi connectivity index (χ3n) is 4.87. The van der Waals surface area contributed by atoms with Gasteiger partial charge in [-0.3, -0.25) is 4.98 Å². The molecule has 4 rings (SSSR count). The Labute approximate surface area is 211 Å². The smallest absolute Gasteiger partial charge is 0.407 e. The van der Waals surface area contributed by atoms with Gasteiger partial charge >= 0.3 is 6.09 Å². The second kappa shape index (κ2) is 10.5. The van der Waals surface area contributed by atoms with Gasteiger partial charge in [0.25, 0.3) is 0 Å². The van der Waals surface area contributed by atoms with Crippen molar-refractivity contribution in [2.45, 2.75) is 38.8 Å². The lowest BCUT2D eigenvalue weighted by molar-refractivity contribution is 0.0525. The Morgan fingerprint density at radius 3 is 2.56 bits per heavy atom. The summed E-state index contributed by atoms with van der Waals surface area (Å²) in [5, 5.41) is 8.47. The van der Waals surface area contributed by atoms with Gasteiger partial charge in [0, 0.05) is 35.9 Å². The van der Waals surface area contributed by atoms with Crippen LogP contribution in [0.5, 0.6) is 0 Å². The molecule has 0 aliphatic carbocycles. The second-order valence-electron chi connectivity index (χ2n) is 8.81. The average molecular weight is 540 g/mol. The lowest BCUT2D eigenvalue weighted by Crippen LogP contribution is -2.40. The van der Waals surface area contributed by atoms with Crippen LogP contribution in [-0.4, -0.2) is 39.2 Å². The monoisotopic (exact) mass is 539 g/mol. The Morgan fingerprint density at radius 1 is 1.12 bits per heavy atom. The molecule has 0 spiro atoms. The molecule has 0 radical (unpaired) electrons. The summed E-state index contributed by atoms with van der Waals surface area (Å²) in [5.74, 6) is 1.33. The quantitative estimate of drug-likeness (QED) is 0.296. The minimum atomic E-state index is -0.562. The molecule has 0 bridgehead atoms. The van der Waals surface area contributed by atoms with Gasteiger partial charge < -0.3 is 15.4 Å². The molecule has 2 N–H and O–H groups in total. The van der Waals surface area contributed by atoms with Crippen molar-refractivity contribution in [2.75, 3.05) is 11.9 Å². The molecule has 0 aliphatic rings. The maximum absolute atomic E-state index is 12.3. The number of nitrogens with one attached hydrogen (secondary N) is 2. The molecule has 4 aromatic rings. The Morgan fingerprint density at radius 2 is 1.85 bits per heavy atom. The highest BCUT2D eigenvalue weighted by atomic mass is 79.9. The van der Waals surface area contributed by atoms with E-state index in [-0.39, 0.29) is 6.04 Å². The van der Waals surface area contributed by atoms with Crippen LogP contribution >= 0.6 is 27.3 Å². The first kappa shape index (κ1) is 24.1. The van der Waals surface area contributed by atoms with E-state index >= 15 is 0 Å². The van der Waals surface area contributed by atoms with Crippen LogP contribution in [0, 0.1) is 0 Å². The van der Waals surface area contributed by atoms with Crippen LogP contribution in [-0.2, 0) is 11.2 Å². The van der Waals surface area contributed by atoms with Gasteiger partial charge in [-0.2, -0.15) is 0 Å². The van der Waals surface area contributed by atoms with Crippen molar-refractivity contribution < 1.29 is 9.53 Å². The third-order valence-corrected chi connectivity index (χ3v) is 6.75. The number of amides is 1. The molecule has 0 fully saturated rings. The number of aromatic nitrogens is 3. The molecule has 3 heterocycles. The zero-order chi connectivity index (χ0) is 24.1. The molecule has 0 saturated carbocycles. The largest absolute Gasteiger partial charge is 0.444 e. The normalized spacial score (nSPS) is 12.4. The van der Waals surface area contributed by atoms with E-state index < -0.39 is 11.7 Å². The van der Waals surface area contributed by atoms with E-state index in [1.165, 1.54) is 0 Å². The molecule has 34 heavy (non-hydrogen) atoms. The van der Waals surface area contributed by atoms with E-state index in [2.05, 4.69) is 43.7 Å². The van der Waals surface area contributed by atoms with Gasteiger partial charge in [0.15, 0.2) is 5.82 Å². The van der Waals surface area contributed by atoms with Gasteiger partial charge in [-0.1, -0.05) is 30.3 Å². The summed E-state index contributed by atoms with van der Waals surface area (Å²) in [6, 6.07) is 13.8. The van der Waals surface area contributed by atoms with E-state index in [1.54, 1.807) is 23.7 Å². The number of pyridine rings is 1. The van der Waals surface area contributed by atoms with Crippen molar-refractivity contribution in [3.63, 3.8) is 0 Å². The Bertz CT molecular complexity index is 1260. The number of rotatable bonds is 7. The lowest BCUT2D eigenvalue weighted by atomic mass is 10.1. The summed E-state index contributed by atoms with van der Waals surface area (Å²) in [6.45, 7) is 5.91. The van der Waals surface area contributed by atoms with Gasteiger partial charge in [-0.15, -0.1) is 11.3 Å². The zero-order valence-electron chi connectivity index (χ0n) is 19.2. The highest BCUT2D eigenvalue weighted by Crippen LogP contribution is 2.35. The number of thiophene rings is 1. The maximum atomic E-state index is 12.3. The van der Waals surface area contributed by atoms with Gasteiger partial charge in [0.2, 0.25) is 0 Å². The first-order chi connectivity index (χ1) is 16.3. The molecule has 3 aromatic heterocycles. The van der Waals surface area contributed by atoms with Crippen LogP contribution in [0.3, 0.4) is 0 Å². The van der Waals surface area contributed by atoms with E-state index in [0.29, 0.717) is 18.8 Å². The van der Waals surface area contributed by atoms with Crippen molar-refractivity contribution in [1.82, 2.24) is 20.3 Å². The molecule has 0 aliphatic heterocycles. The first-order valence-electron chi connectivity index (χ1n) is 10.9. The van der Waals surface area contributed by atoms with Crippen molar-refractivity contribution in [3.05, 3.63) is 70.3 Å². The van der Waals surface area contributed by atoms with Crippen LogP contribution in [0.4, 0.5) is 10.6 Å². The van der Waals surface area contributed by atoms with E-state index in [4.69, 9.17) is 14.7 Å². The van der Waals surface area contributed by atoms with Crippen LogP contribution < -0.4 is 10.6 Å². The molecule has 0 saturated heterocycles. The van der Waals surface area contributed by atoms with E-state index in [1.807, 2.05) is 56.5 Å². The third kappa shape index (κ3) is 6.30. The first-order valence-corrected chi connectivity index (χ1v) is 12.6. The number of benzene rings is 1. The maximum Gasteiger partial charge on any atom is 0.407 e. The molecule has 1 aromatic carbocycles. The number of alkyl carbamates (subject to hydrolysis) is 1. The minimum absolute atomic E-state index is 0.126. The fourth-order valence-electron chi connectivity index (χ4n) is 3.41. The predicted molar refractivity (Wildman–Crippen MR) is 140 cm³/mol. The van der Waals surface area contributed by atoms with Crippen molar-refractivity contribution in [3.8, 4) is 11.4 Å². The number of hydrogen-bond acceptors (Lipinski definition) is 7. The fraction of sp³-hybridized carbons (Fsp3) is 0.280. The second-order valence-corrected chi connectivity index (χ2v) is 10.5. The number of halogens is 1. The van der Waals surface area contributed by atoms with Crippen LogP contribution in [0.15, 0.2) is 64.7 Å². The number of ether oxygens (including phenoxy) is 1. The van der Waals surface area contributed by atoms with Crippen molar-refractivity contribution in [2.24, 2.45) is 0 Å². The average Bonchev–Trinajstić information content (AvgIpc) is 3.18. The Hall–Kier alpha value is -3.04. The molecule has 1 atom stereocenters. The van der Waals surface area contributed by atoms with Crippen LogP contribution in [0.2, 0.25) is 0 Å². The van der Waals surface area contributed by atoms with E-state index in [9.17, 15) is 4.79 Å². The summed E-state index contributed by atoms with van der Waals surface area (Å²) in [5.41, 5.74) is 2.31. The topological polar surface area (TPSA) is 89.0 Å². The van der Waals surface area contributed by atoms with Crippen molar-refractivity contribution >= 4 is 49.4 Å². The number of hydrogen-bond donors (Lipinski definition) is 2. The zero-order valence-corrected chi connectivity index (χ0v) is 21.6. The summed E-state index contributed by atoms with van der Waals surface area (Å²) < 4.78 is 7.29.